The van der Waals surface area contributed by atoms with Crippen LogP contribution in [0.3, 0.4) is 0 Å². The van der Waals surface area contributed by atoms with Crippen molar-refractivity contribution in [3.63, 3.8) is 0 Å². The molecule has 112 valence electrons. The number of para-hydroxylation sites is 1. The summed E-state index contributed by atoms with van der Waals surface area (Å²) in [6.45, 7) is 5.20. The molecule has 0 radical (unpaired) electrons. The number of rotatable bonds is 4. The van der Waals surface area contributed by atoms with E-state index in [0.29, 0.717) is 18.2 Å². The van der Waals surface area contributed by atoms with E-state index in [2.05, 4.69) is 42.6 Å². The first-order chi connectivity index (χ1) is 10.2. The highest BCUT2D eigenvalue weighted by Crippen LogP contribution is 2.19. The molecule has 0 bridgehead atoms. The summed E-state index contributed by atoms with van der Waals surface area (Å²) in [4.78, 5) is 0. The molecule has 3 rings (SSSR count). The molecule has 4 heteroatoms. The Morgan fingerprint density at radius 1 is 1.33 bits per heavy atom. The van der Waals surface area contributed by atoms with Gasteiger partial charge in [0.05, 0.1) is 18.0 Å². The van der Waals surface area contributed by atoms with Crippen molar-refractivity contribution < 1.29 is 4.74 Å². The molecule has 2 heterocycles. The Morgan fingerprint density at radius 2 is 2.14 bits per heavy atom. The van der Waals surface area contributed by atoms with Gasteiger partial charge in [0.2, 0.25) is 0 Å². The van der Waals surface area contributed by atoms with Gasteiger partial charge in [-0.25, -0.2) is 4.68 Å². The summed E-state index contributed by atoms with van der Waals surface area (Å²) in [6.07, 6.45) is 6.58. The minimum Gasteiger partial charge on any atom is -0.378 e. The van der Waals surface area contributed by atoms with Gasteiger partial charge in [0.1, 0.15) is 0 Å². The van der Waals surface area contributed by atoms with Crippen molar-refractivity contribution in [3.8, 4) is 5.69 Å². The van der Waals surface area contributed by atoms with Crippen LogP contribution in [0.4, 0.5) is 0 Å². The van der Waals surface area contributed by atoms with Crippen LogP contribution in [0, 0.1) is 0 Å². The quantitative estimate of drug-likeness (QED) is 0.938. The monoisotopic (exact) mass is 285 g/mol. The Balaban J connectivity index is 1.65. The van der Waals surface area contributed by atoms with Crippen molar-refractivity contribution in [1.29, 1.82) is 0 Å². The van der Waals surface area contributed by atoms with Crippen LogP contribution in [0.2, 0.25) is 0 Å². The Bertz CT molecular complexity index is 566. The molecule has 1 aliphatic heterocycles. The van der Waals surface area contributed by atoms with Gasteiger partial charge in [-0.2, -0.15) is 5.10 Å². The zero-order chi connectivity index (χ0) is 14.7. The molecule has 4 nitrogen and oxygen atoms in total. The van der Waals surface area contributed by atoms with Crippen molar-refractivity contribution in [3.05, 3.63) is 48.3 Å². The van der Waals surface area contributed by atoms with Gasteiger partial charge in [0.15, 0.2) is 0 Å². The highest BCUT2D eigenvalue weighted by molar-refractivity contribution is 5.31. The Labute approximate surface area is 126 Å². The van der Waals surface area contributed by atoms with Crippen molar-refractivity contribution in [2.24, 2.45) is 0 Å². The number of nitrogens with zero attached hydrogens (tertiary/aromatic N) is 2. The lowest BCUT2D eigenvalue weighted by molar-refractivity contribution is 0.0116. The maximum Gasteiger partial charge on any atom is 0.0645 e. The third kappa shape index (κ3) is 3.52. The van der Waals surface area contributed by atoms with E-state index in [4.69, 9.17) is 4.74 Å². The second-order valence-electron chi connectivity index (χ2n) is 5.84. The molecule has 3 atom stereocenters. The van der Waals surface area contributed by atoms with Gasteiger partial charge in [0.25, 0.3) is 0 Å². The summed E-state index contributed by atoms with van der Waals surface area (Å²) in [6, 6.07) is 11.0. The van der Waals surface area contributed by atoms with Gasteiger partial charge in [0, 0.05) is 30.5 Å². The highest BCUT2D eigenvalue weighted by Gasteiger charge is 2.21. The highest BCUT2D eigenvalue weighted by atomic mass is 16.5. The minimum absolute atomic E-state index is 0.303. The summed E-state index contributed by atoms with van der Waals surface area (Å²) in [7, 11) is 0. The first-order valence-electron chi connectivity index (χ1n) is 7.70. The van der Waals surface area contributed by atoms with Gasteiger partial charge in [-0.15, -0.1) is 0 Å². The number of benzene rings is 1. The maximum atomic E-state index is 5.60. The molecule has 0 amide bonds. The van der Waals surface area contributed by atoms with Crippen LogP contribution >= 0.6 is 0 Å². The van der Waals surface area contributed by atoms with E-state index in [0.717, 1.165) is 25.1 Å². The second-order valence-corrected chi connectivity index (χ2v) is 5.84. The smallest absolute Gasteiger partial charge is 0.0645 e. The Hall–Kier alpha value is -1.65. The van der Waals surface area contributed by atoms with Crippen molar-refractivity contribution in [2.75, 3.05) is 6.61 Å². The second kappa shape index (κ2) is 6.41. The molecule has 1 aliphatic rings. The molecule has 1 aromatic carbocycles. The molecule has 0 spiro atoms. The first-order valence-corrected chi connectivity index (χ1v) is 7.70. The van der Waals surface area contributed by atoms with Gasteiger partial charge in [-0.1, -0.05) is 18.2 Å². The Kier molecular flexibility index (Phi) is 4.36. The molecule has 1 fully saturated rings. The SMILES string of the molecule is CC1CC(NC(C)c2cnn(-c3ccccc3)c2)CCO1. The summed E-state index contributed by atoms with van der Waals surface area (Å²) >= 11 is 0. The predicted octanol–water partition coefficient (Wildman–Crippen LogP) is 3.09. The zero-order valence-corrected chi connectivity index (χ0v) is 12.7. The van der Waals surface area contributed by atoms with E-state index in [1.807, 2.05) is 29.1 Å². The number of nitrogens with one attached hydrogen (secondary N) is 1. The van der Waals surface area contributed by atoms with Crippen molar-refractivity contribution in [1.82, 2.24) is 15.1 Å². The third-order valence-electron chi connectivity index (χ3n) is 4.09. The van der Waals surface area contributed by atoms with Crippen LogP contribution in [0.25, 0.3) is 5.69 Å². The lowest BCUT2D eigenvalue weighted by atomic mass is 10.0. The lowest BCUT2D eigenvalue weighted by Gasteiger charge is -2.30. The molecule has 0 aliphatic carbocycles. The molecule has 0 saturated carbocycles. The predicted molar refractivity (Wildman–Crippen MR) is 83.6 cm³/mol. The van der Waals surface area contributed by atoms with E-state index in [-0.39, 0.29) is 0 Å². The van der Waals surface area contributed by atoms with Crippen LogP contribution in [0.1, 0.15) is 38.3 Å². The molecule has 1 aromatic heterocycles. The fourth-order valence-corrected chi connectivity index (χ4v) is 2.88. The largest absolute Gasteiger partial charge is 0.378 e. The molecule has 1 N–H and O–H groups in total. The van der Waals surface area contributed by atoms with Crippen LogP contribution in [0.5, 0.6) is 0 Å². The lowest BCUT2D eigenvalue weighted by Crippen LogP contribution is -2.39. The van der Waals surface area contributed by atoms with E-state index in [1.165, 1.54) is 5.56 Å². The van der Waals surface area contributed by atoms with Gasteiger partial charge < -0.3 is 10.1 Å². The summed E-state index contributed by atoms with van der Waals surface area (Å²) in [5.74, 6) is 0. The third-order valence-corrected chi connectivity index (χ3v) is 4.09. The molecule has 3 unspecified atom stereocenters. The fraction of sp³-hybridized carbons (Fsp3) is 0.471. The van der Waals surface area contributed by atoms with Crippen molar-refractivity contribution in [2.45, 2.75) is 44.9 Å². The van der Waals surface area contributed by atoms with Crippen LogP contribution < -0.4 is 5.32 Å². The van der Waals surface area contributed by atoms with Gasteiger partial charge >= 0.3 is 0 Å². The van der Waals surface area contributed by atoms with Gasteiger partial charge in [-0.3, -0.25) is 0 Å². The minimum atomic E-state index is 0.303. The molecule has 2 aromatic rings. The number of ether oxygens (including phenoxy) is 1. The fourth-order valence-electron chi connectivity index (χ4n) is 2.88. The summed E-state index contributed by atoms with van der Waals surface area (Å²) in [5, 5.41) is 8.16. The standard InChI is InChI=1S/C17H23N3O/c1-13-10-16(8-9-21-13)19-14(2)15-11-18-20(12-15)17-6-4-3-5-7-17/h3-7,11-14,16,19H,8-10H2,1-2H3. The normalized spacial score (nSPS) is 23.9. The zero-order valence-electron chi connectivity index (χ0n) is 12.7. The number of aromatic nitrogens is 2. The summed E-state index contributed by atoms with van der Waals surface area (Å²) < 4.78 is 7.53. The summed E-state index contributed by atoms with van der Waals surface area (Å²) in [5.41, 5.74) is 2.31. The van der Waals surface area contributed by atoms with Crippen molar-refractivity contribution >= 4 is 0 Å². The average molecular weight is 285 g/mol. The van der Waals surface area contributed by atoms with Crippen LogP contribution in [0.15, 0.2) is 42.7 Å². The Morgan fingerprint density at radius 3 is 2.90 bits per heavy atom. The van der Waals surface area contributed by atoms with Crippen LogP contribution in [-0.2, 0) is 4.74 Å². The topological polar surface area (TPSA) is 39.1 Å². The number of hydrogen-bond donors (Lipinski definition) is 1. The van der Waals surface area contributed by atoms with E-state index in [9.17, 15) is 0 Å². The maximum absolute atomic E-state index is 5.60. The number of hydrogen-bond acceptors (Lipinski definition) is 3. The van der Waals surface area contributed by atoms with Gasteiger partial charge in [-0.05, 0) is 38.8 Å². The van der Waals surface area contributed by atoms with Crippen LogP contribution in [-0.4, -0.2) is 28.5 Å². The van der Waals surface area contributed by atoms with E-state index >= 15 is 0 Å². The molecule has 1 saturated heterocycles. The van der Waals surface area contributed by atoms with E-state index in [1.54, 1.807) is 0 Å². The van der Waals surface area contributed by atoms with E-state index < -0.39 is 0 Å². The molecule has 21 heavy (non-hydrogen) atoms. The average Bonchev–Trinajstić information content (AvgIpc) is 2.98. The molecular weight excluding hydrogens is 262 g/mol. The molecular formula is C17H23N3O. The first kappa shape index (κ1) is 14.3.